The number of allylic oxidation sites excluding steroid dienone is 1. The van der Waals surface area contributed by atoms with Crippen LogP contribution < -0.4 is 0 Å². The van der Waals surface area contributed by atoms with Crippen LogP contribution in [0.15, 0.2) is 36.1 Å². The molecule has 2 aromatic rings. The molecule has 240 valence electrons. The second-order valence-electron chi connectivity index (χ2n) is 12.8. The molecule has 0 aliphatic heterocycles. The molecule has 0 heterocycles. The van der Waals surface area contributed by atoms with E-state index in [9.17, 15) is 9.90 Å². The number of carbonyl (C=O) groups excluding carboxylic acids is 1. The minimum Gasteiger partial charge on any atom is -0.504 e. The van der Waals surface area contributed by atoms with Crippen molar-refractivity contribution in [3.05, 3.63) is 75.0 Å². The Morgan fingerprint density at radius 1 is 0.651 bits per heavy atom. The van der Waals surface area contributed by atoms with Crippen LogP contribution >= 0.6 is 0 Å². The summed E-state index contributed by atoms with van der Waals surface area (Å²) < 4.78 is 0. The summed E-state index contributed by atoms with van der Waals surface area (Å²) in [5, 5.41) is 11.7. The number of hydrogen-bond acceptors (Lipinski definition) is 2. The van der Waals surface area contributed by atoms with E-state index in [1.807, 2.05) is 0 Å². The first-order valence-corrected chi connectivity index (χ1v) is 18.0. The molecule has 2 nitrogen and oxygen atoms in total. The van der Waals surface area contributed by atoms with Gasteiger partial charge in [0.25, 0.3) is 0 Å². The first kappa shape index (κ1) is 36.8. The largest absolute Gasteiger partial charge is 0.504 e. The van der Waals surface area contributed by atoms with Gasteiger partial charge in [0.05, 0.1) is 0 Å². The van der Waals surface area contributed by atoms with Crippen molar-refractivity contribution in [3.63, 3.8) is 0 Å². The zero-order chi connectivity index (χ0) is 31.9. The van der Waals surface area contributed by atoms with Crippen LogP contribution in [0.4, 0.5) is 0 Å². The predicted octanol–water partition coefficient (Wildman–Crippen LogP) is 13.2. The van der Waals surface area contributed by atoms with Gasteiger partial charge in [0.1, 0.15) is 0 Å². The highest BCUT2D eigenvalue weighted by molar-refractivity contribution is 6.11. The molecule has 43 heavy (non-hydrogen) atoms. The third-order valence-corrected chi connectivity index (χ3v) is 9.84. The van der Waals surface area contributed by atoms with Crippen molar-refractivity contribution in [2.45, 2.75) is 169 Å². The number of ketones is 1. The average Bonchev–Trinajstić information content (AvgIpc) is 3.03. The number of hydrogen-bond donors (Lipinski definition) is 1. The Morgan fingerprint density at radius 2 is 1.16 bits per heavy atom. The number of Topliss-reactive ketones (excluding diaryl/α,β-unsaturated/α-hetero) is 1. The minimum absolute atomic E-state index is 0.122. The van der Waals surface area contributed by atoms with Gasteiger partial charge in [-0.2, -0.15) is 0 Å². The summed E-state index contributed by atoms with van der Waals surface area (Å²) >= 11 is 0. The number of aliphatic hydroxyl groups excluding tert-OH is 1. The predicted molar refractivity (Wildman–Crippen MR) is 189 cm³/mol. The van der Waals surface area contributed by atoms with E-state index in [0.717, 1.165) is 94.6 Å². The number of rotatable bonds is 20. The van der Waals surface area contributed by atoms with Gasteiger partial charge in [0, 0.05) is 5.56 Å². The van der Waals surface area contributed by atoms with Gasteiger partial charge >= 0.3 is 0 Å². The normalized spacial score (nSPS) is 14.9. The molecule has 0 amide bonds. The molecular formula is C41H64O2. The Kier molecular flexibility index (Phi) is 16.4. The van der Waals surface area contributed by atoms with Crippen molar-refractivity contribution in [3.8, 4) is 0 Å². The molecule has 0 aliphatic rings. The standard InChI is InChI=1S/C41H64O2/c1-10-19-30(15-6)34-26-37(32(17-8)21-12-3)40(33(18-9)22-13-4)38(27-34)41(43)39(42)28-35-25-29(14-5)23-24-36(35)31(16-7)20-11-2/h23-28,30-33,42H,10-22H2,1-9H3/b39-28-. The van der Waals surface area contributed by atoms with Crippen LogP contribution in [0.25, 0.3) is 6.08 Å². The summed E-state index contributed by atoms with van der Waals surface area (Å²) in [4.78, 5) is 14.5. The monoisotopic (exact) mass is 588 g/mol. The van der Waals surface area contributed by atoms with E-state index in [0.29, 0.717) is 23.7 Å². The SMILES string of the molecule is CCCC(CC)c1cc(C(=O)/C(O)=C/c2cc(CC)ccc2C(CC)CCC)c(C(CC)CCC)c(C(CC)CCC)c1. The van der Waals surface area contributed by atoms with Gasteiger partial charge in [-0.1, -0.05) is 112 Å². The number of aliphatic hydroxyl groups is 1. The van der Waals surface area contributed by atoms with Crippen molar-refractivity contribution in [1.29, 1.82) is 0 Å². The molecule has 0 fully saturated rings. The highest BCUT2D eigenvalue weighted by atomic mass is 16.3. The molecule has 4 atom stereocenters. The van der Waals surface area contributed by atoms with Crippen LogP contribution in [0, 0.1) is 0 Å². The van der Waals surface area contributed by atoms with Crippen LogP contribution in [-0.4, -0.2) is 10.9 Å². The molecule has 0 saturated heterocycles. The molecule has 0 saturated carbocycles. The Morgan fingerprint density at radius 3 is 1.67 bits per heavy atom. The Balaban J connectivity index is 2.90. The fourth-order valence-corrected chi connectivity index (χ4v) is 7.32. The lowest BCUT2D eigenvalue weighted by molar-refractivity contribution is 0.0978. The summed E-state index contributed by atoms with van der Waals surface area (Å²) in [5.74, 6) is 1.25. The van der Waals surface area contributed by atoms with Crippen molar-refractivity contribution in [1.82, 2.24) is 0 Å². The van der Waals surface area contributed by atoms with E-state index in [-0.39, 0.29) is 11.5 Å². The lowest BCUT2D eigenvalue weighted by atomic mass is 9.75. The number of carbonyl (C=O) groups is 1. The van der Waals surface area contributed by atoms with E-state index in [1.165, 1.54) is 27.8 Å². The molecule has 2 aromatic carbocycles. The molecule has 0 spiro atoms. The third kappa shape index (κ3) is 9.57. The second kappa shape index (κ2) is 19.1. The van der Waals surface area contributed by atoms with Gasteiger partial charge in [-0.15, -0.1) is 0 Å². The molecule has 2 heteroatoms. The van der Waals surface area contributed by atoms with Crippen molar-refractivity contribution in [2.24, 2.45) is 0 Å². The summed E-state index contributed by atoms with van der Waals surface area (Å²) in [6.07, 6.45) is 15.7. The van der Waals surface area contributed by atoms with Gasteiger partial charge in [-0.05, 0) is 127 Å². The Hall–Kier alpha value is -2.35. The first-order valence-electron chi connectivity index (χ1n) is 18.0. The average molecular weight is 589 g/mol. The lowest BCUT2D eigenvalue weighted by Gasteiger charge is -2.29. The maximum absolute atomic E-state index is 14.5. The van der Waals surface area contributed by atoms with Gasteiger partial charge < -0.3 is 5.11 Å². The minimum atomic E-state index is -0.207. The fourth-order valence-electron chi connectivity index (χ4n) is 7.32. The van der Waals surface area contributed by atoms with Crippen LogP contribution in [-0.2, 0) is 6.42 Å². The molecule has 0 bridgehead atoms. The summed E-state index contributed by atoms with van der Waals surface area (Å²) in [6.45, 7) is 20.2. The summed E-state index contributed by atoms with van der Waals surface area (Å²) in [6, 6.07) is 11.3. The van der Waals surface area contributed by atoms with Gasteiger partial charge in [-0.25, -0.2) is 0 Å². The maximum atomic E-state index is 14.5. The molecule has 0 radical (unpaired) electrons. The zero-order valence-corrected chi connectivity index (χ0v) is 29.3. The maximum Gasteiger partial charge on any atom is 0.227 e. The van der Waals surface area contributed by atoms with Gasteiger partial charge in [-0.3, -0.25) is 4.79 Å². The smallest absolute Gasteiger partial charge is 0.227 e. The summed E-state index contributed by atoms with van der Waals surface area (Å²) in [5.41, 5.74) is 8.09. The van der Waals surface area contributed by atoms with Crippen LogP contribution in [0.1, 0.15) is 207 Å². The van der Waals surface area contributed by atoms with E-state index in [4.69, 9.17) is 0 Å². The molecule has 1 N–H and O–H groups in total. The van der Waals surface area contributed by atoms with E-state index in [1.54, 1.807) is 6.08 Å². The van der Waals surface area contributed by atoms with E-state index < -0.39 is 0 Å². The van der Waals surface area contributed by atoms with Crippen LogP contribution in [0.2, 0.25) is 0 Å². The topological polar surface area (TPSA) is 37.3 Å². The van der Waals surface area contributed by atoms with Crippen LogP contribution in [0.3, 0.4) is 0 Å². The Labute approximate surface area is 265 Å². The van der Waals surface area contributed by atoms with Crippen LogP contribution in [0.5, 0.6) is 0 Å². The molecule has 4 unspecified atom stereocenters. The molecular weight excluding hydrogens is 524 g/mol. The summed E-state index contributed by atoms with van der Waals surface area (Å²) in [7, 11) is 0. The zero-order valence-electron chi connectivity index (χ0n) is 29.3. The third-order valence-electron chi connectivity index (χ3n) is 9.84. The first-order chi connectivity index (χ1) is 20.8. The van der Waals surface area contributed by atoms with Crippen molar-refractivity contribution >= 4 is 11.9 Å². The second-order valence-corrected chi connectivity index (χ2v) is 12.8. The quantitative estimate of drug-likeness (QED) is 0.0949. The number of benzene rings is 2. The highest BCUT2D eigenvalue weighted by Gasteiger charge is 2.28. The fraction of sp³-hybridized carbons (Fsp3) is 0.634. The van der Waals surface area contributed by atoms with Crippen molar-refractivity contribution < 1.29 is 9.90 Å². The highest BCUT2D eigenvalue weighted by Crippen LogP contribution is 2.41. The van der Waals surface area contributed by atoms with E-state index in [2.05, 4.69) is 92.6 Å². The molecule has 2 rings (SSSR count). The lowest BCUT2D eigenvalue weighted by Crippen LogP contribution is -2.17. The molecule has 0 aliphatic carbocycles. The van der Waals surface area contributed by atoms with E-state index >= 15 is 0 Å². The number of aryl methyl sites for hydroxylation is 1. The Bertz CT molecular complexity index is 1160. The molecule has 0 aromatic heterocycles. The van der Waals surface area contributed by atoms with Gasteiger partial charge in [0.15, 0.2) is 5.76 Å². The van der Waals surface area contributed by atoms with Crippen molar-refractivity contribution in [2.75, 3.05) is 0 Å². The van der Waals surface area contributed by atoms with Gasteiger partial charge in [0.2, 0.25) is 5.78 Å².